The van der Waals surface area contributed by atoms with Crippen molar-refractivity contribution >= 4 is 17.8 Å². The monoisotopic (exact) mass is 500 g/mol. The molecule has 0 aromatic heterocycles. The van der Waals surface area contributed by atoms with Gasteiger partial charge in [-0.1, -0.05) is 50.2 Å². The van der Waals surface area contributed by atoms with Gasteiger partial charge in [0.25, 0.3) is 5.91 Å². The number of rotatable bonds is 6. The number of aliphatic hydroxyl groups excluding tert-OH is 1. The Morgan fingerprint density at radius 3 is 2.54 bits per heavy atom. The highest BCUT2D eigenvalue weighted by Crippen LogP contribution is 2.71. The second-order valence-corrected chi connectivity index (χ2v) is 12.3. The van der Waals surface area contributed by atoms with Gasteiger partial charge < -0.3 is 15.7 Å². The number of aliphatic hydroxyl groups is 1. The maximum Gasteiger partial charge on any atom is 0.251 e. The van der Waals surface area contributed by atoms with Gasteiger partial charge in [0.15, 0.2) is 5.96 Å². The van der Waals surface area contributed by atoms with Crippen molar-refractivity contribution in [2.75, 3.05) is 0 Å². The zero-order chi connectivity index (χ0) is 26.1. The summed E-state index contributed by atoms with van der Waals surface area (Å²) in [6.45, 7) is 6.16. The molecule has 2 amide bonds. The molecule has 0 spiro atoms. The largest absolute Gasteiger partial charge is 0.390 e. The Morgan fingerprint density at radius 1 is 1.16 bits per heavy atom. The third-order valence-electron chi connectivity index (χ3n) is 9.59. The van der Waals surface area contributed by atoms with Gasteiger partial charge in [-0.3, -0.25) is 19.9 Å². The molecule has 1 aliphatic heterocycles. The number of guanidine groups is 1. The first-order valence-electron chi connectivity index (χ1n) is 13.5. The van der Waals surface area contributed by atoms with Crippen molar-refractivity contribution in [1.29, 1.82) is 5.41 Å². The number of nitrogens with one attached hydrogen (secondary N) is 3. The van der Waals surface area contributed by atoms with Crippen molar-refractivity contribution in [3.05, 3.63) is 70.8 Å². The van der Waals surface area contributed by atoms with E-state index in [1.165, 1.54) is 0 Å². The quantitative estimate of drug-likeness (QED) is 0.479. The summed E-state index contributed by atoms with van der Waals surface area (Å²) in [5, 5.41) is 25.9. The minimum Gasteiger partial charge on any atom is -0.390 e. The van der Waals surface area contributed by atoms with Crippen LogP contribution in [0, 0.1) is 22.7 Å². The second-order valence-electron chi connectivity index (χ2n) is 12.3. The lowest BCUT2D eigenvalue weighted by atomic mass is 9.41. The Bertz CT molecular complexity index is 1250. The van der Waals surface area contributed by atoms with E-state index < -0.39 is 17.7 Å². The Balaban J connectivity index is 1.29. The van der Waals surface area contributed by atoms with Gasteiger partial charge in [-0.05, 0) is 72.3 Å². The van der Waals surface area contributed by atoms with Gasteiger partial charge in [0.1, 0.15) is 0 Å². The molecule has 1 heterocycles. The van der Waals surface area contributed by atoms with E-state index in [0.29, 0.717) is 24.3 Å². The normalized spacial score (nSPS) is 32.8. The standard InChI is InChI=1S/C30H36N4O3/c1-17(2)29(3)16-24(36)34(28(31)33-29)26(30-13-18(14-30)15-30)20-8-6-9-21(11-20)27(37)32-25-22-10-5-4-7-19(22)12-23(25)35/h4-11,17-18,23,25-26,35H,12-16H2,1-3H3,(H2,31,33)(H,32,37)/t18?,23-,25-,26?,29+,30?/m1/s1. The molecule has 4 fully saturated rings. The van der Waals surface area contributed by atoms with Crippen LogP contribution in [0.15, 0.2) is 48.5 Å². The zero-order valence-electron chi connectivity index (χ0n) is 21.8. The summed E-state index contributed by atoms with van der Waals surface area (Å²) in [6, 6.07) is 14.6. The van der Waals surface area contributed by atoms with E-state index in [-0.39, 0.29) is 35.1 Å². The Hall–Kier alpha value is -3.19. The highest BCUT2D eigenvalue weighted by Gasteiger charge is 2.63. The van der Waals surface area contributed by atoms with Crippen LogP contribution in [0.25, 0.3) is 0 Å². The molecule has 7 heteroatoms. The van der Waals surface area contributed by atoms with E-state index >= 15 is 0 Å². The van der Waals surface area contributed by atoms with E-state index in [1.54, 1.807) is 11.0 Å². The van der Waals surface area contributed by atoms with E-state index in [0.717, 1.165) is 36.0 Å². The van der Waals surface area contributed by atoms with Gasteiger partial charge in [-0.2, -0.15) is 0 Å². The smallest absolute Gasteiger partial charge is 0.251 e. The third-order valence-corrected chi connectivity index (χ3v) is 9.59. The van der Waals surface area contributed by atoms with Crippen molar-refractivity contribution in [2.24, 2.45) is 17.3 Å². The number of carbonyl (C=O) groups is 2. The van der Waals surface area contributed by atoms with E-state index in [4.69, 9.17) is 5.41 Å². The molecule has 7 rings (SSSR count). The number of benzene rings is 2. The van der Waals surface area contributed by atoms with Gasteiger partial charge >= 0.3 is 0 Å². The molecule has 1 unspecified atom stereocenters. The van der Waals surface area contributed by atoms with E-state index in [1.807, 2.05) is 49.4 Å². The first-order valence-corrected chi connectivity index (χ1v) is 13.5. The summed E-state index contributed by atoms with van der Waals surface area (Å²) in [6.07, 6.45) is 3.36. The summed E-state index contributed by atoms with van der Waals surface area (Å²) in [7, 11) is 0. The highest BCUT2D eigenvalue weighted by atomic mass is 16.3. The molecule has 2 bridgehead atoms. The minimum absolute atomic E-state index is 0.0322. The molecule has 5 aliphatic rings. The first-order chi connectivity index (χ1) is 17.6. The number of amides is 2. The Labute approximate surface area is 218 Å². The fourth-order valence-corrected chi connectivity index (χ4v) is 7.00. The molecule has 4 atom stereocenters. The first kappa shape index (κ1) is 24.2. The van der Waals surface area contributed by atoms with Crippen LogP contribution in [0.1, 0.15) is 85.6 Å². The fraction of sp³-hybridized carbons (Fsp3) is 0.500. The van der Waals surface area contributed by atoms with Crippen LogP contribution in [0.2, 0.25) is 0 Å². The van der Waals surface area contributed by atoms with Crippen LogP contribution in [-0.2, 0) is 11.2 Å². The molecule has 2 aromatic carbocycles. The van der Waals surface area contributed by atoms with E-state index in [2.05, 4.69) is 24.5 Å². The Morgan fingerprint density at radius 2 is 1.89 bits per heavy atom. The summed E-state index contributed by atoms with van der Waals surface area (Å²) in [5.74, 6) is 0.791. The maximum atomic E-state index is 13.6. The molecular formula is C30H36N4O3. The summed E-state index contributed by atoms with van der Waals surface area (Å²) in [5.41, 5.74) is 2.93. The van der Waals surface area contributed by atoms with Crippen LogP contribution >= 0.6 is 0 Å². The van der Waals surface area contributed by atoms with Crippen LogP contribution in [0.5, 0.6) is 0 Å². The van der Waals surface area contributed by atoms with Gasteiger partial charge in [0.2, 0.25) is 5.91 Å². The summed E-state index contributed by atoms with van der Waals surface area (Å²) in [4.78, 5) is 28.6. The van der Waals surface area contributed by atoms with Crippen molar-refractivity contribution < 1.29 is 14.7 Å². The average molecular weight is 501 g/mol. The van der Waals surface area contributed by atoms with Gasteiger partial charge in [-0.25, -0.2) is 0 Å². The lowest BCUT2D eigenvalue weighted by molar-refractivity contribution is -0.169. The molecule has 194 valence electrons. The molecule has 3 saturated carbocycles. The number of nitrogens with zero attached hydrogens (tertiary/aromatic N) is 1. The van der Waals surface area contributed by atoms with Crippen molar-refractivity contribution in [3.63, 3.8) is 0 Å². The third kappa shape index (κ3) is 3.78. The molecule has 4 N–H and O–H groups in total. The molecule has 2 aromatic rings. The second kappa shape index (κ2) is 8.42. The predicted octanol–water partition coefficient (Wildman–Crippen LogP) is 4.09. The predicted molar refractivity (Wildman–Crippen MR) is 141 cm³/mol. The number of fused-ring (bicyclic) bond motifs is 1. The minimum atomic E-state index is -0.661. The van der Waals surface area contributed by atoms with Crippen molar-refractivity contribution in [1.82, 2.24) is 15.5 Å². The number of carbonyl (C=O) groups excluding carboxylic acids is 2. The molecule has 1 saturated heterocycles. The van der Waals surface area contributed by atoms with E-state index in [9.17, 15) is 14.7 Å². The molecule has 7 nitrogen and oxygen atoms in total. The molecule has 37 heavy (non-hydrogen) atoms. The maximum absolute atomic E-state index is 13.6. The number of hydrogen-bond donors (Lipinski definition) is 4. The van der Waals surface area contributed by atoms with Crippen LogP contribution in [-0.4, -0.2) is 39.4 Å². The van der Waals surface area contributed by atoms with Crippen molar-refractivity contribution in [3.8, 4) is 0 Å². The highest BCUT2D eigenvalue weighted by molar-refractivity contribution is 6.00. The molecule has 4 aliphatic carbocycles. The van der Waals surface area contributed by atoms with Crippen LogP contribution < -0.4 is 10.6 Å². The van der Waals surface area contributed by atoms with Crippen molar-refractivity contribution in [2.45, 2.75) is 76.6 Å². The topological polar surface area (TPSA) is 106 Å². The summed E-state index contributed by atoms with van der Waals surface area (Å²) < 4.78 is 0. The Kier molecular flexibility index (Phi) is 5.50. The van der Waals surface area contributed by atoms with Gasteiger partial charge in [-0.15, -0.1) is 0 Å². The molecular weight excluding hydrogens is 464 g/mol. The zero-order valence-corrected chi connectivity index (χ0v) is 21.8. The van der Waals surface area contributed by atoms with Crippen LogP contribution in [0.3, 0.4) is 0 Å². The lowest BCUT2D eigenvalue weighted by Crippen LogP contribution is -2.68. The van der Waals surface area contributed by atoms with Crippen LogP contribution in [0.4, 0.5) is 0 Å². The fourth-order valence-electron chi connectivity index (χ4n) is 7.00. The number of hydrogen-bond acceptors (Lipinski definition) is 4. The summed E-state index contributed by atoms with van der Waals surface area (Å²) >= 11 is 0. The SMILES string of the molecule is CC(C)[C@]1(C)CC(=O)N(C(c2cccc(C(=O)N[C@@H]3c4ccccc4C[C@H]3O)c2)C23CC(C2)C3)C(=N)N1. The average Bonchev–Trinajstić information content (AvgIpc) is 3.10. The van der Waals surface area contributed by atoms with Gasteiger partial charge in [0.05, 0.1) is 24.6 Å². The lowest BCUT2D eigenvalue weighted by Gasteiger charge is -2.67. The molecule has 0 radical (unpaired) electrons. The van der Waals surface area contributed by atoms with Gasteiger partial charge in [0, 0.05) is 17.5 Å².